The molecule has 0 atom stereocenters. The van der Waals surface area contributed by atoms with Gasteiger partial charge in [-0.05, 0) is 0 Å². The Kier molecular flexibility index (Phi) is 9.29. The van der Waals surface area contributed by atoms with Crippen LogP contribution in [0.5, 0.6) is 5.75 Å². The van der Waals surface area contributed by atoms with Crippen molar-refractivity contribution in [1.82, 2.24) is 9.97 Å². The van der Waals surface area contributed by atoms with Gasteiger partial charge in [0.15, 0.2) is 0 Å². The normalized spacial score (nSPS) is 11.6. The van der Waals surface area contributed by atoms with E-state index in [1.54, 1.807) is 7.11 Å². The Morgan fingerprint density at radius 2 is 1.29 bits per heavy atom. The molecule has 0 aliphatic carbocycles. The first-order valence-electron chi connectivity index (χ1n) is 8.59. The van der Waals surface area contributed by atoms with Crippen LogP contribution in [-0.2, 0) is 0 Å². The summed E-state index contributed by atoms with van der Waals surface area (Å²) in [6, 6.07) is 0. The molecule has 0 amide bonds. The van der Waals surface area contributed by atoms with Crippen molar-refractivity contribution in [2.45, 2.75) is 72.6 Å². The Hall–Kier alpha value is -0.321. The number of methoxy groups -OCH3 is 1. The molecule has 0 fully saturated rings. The number of ether oxygens (including phenoxy) is 1. The van der Waals surface area contributed by atoms with E-state index in [2.05, 4.69) is 20.8 Å². The summed E-state index contributed by atoms with van der Waals surface area (Å²) in [6.07, 6.45) is 11.6. The van der Waals surface area contributed by atoms with Crippen LogP contribution in [0.1, 0.15) is 59.3 Å². The summed E-state index contributed by atoms with van der Waals surface area (Å²) in [4.78, 5) is 9.48. The minimum absolute atomic E-state index is 0.778. The maximum atomic E-state index is 5.22. The first-order chi connectivity index (χ1) is 10.2. The van der Waals surface area contributed by atoms with E-state index >= 15 is 0 Å². The van der Waals surface area contributed by atoms with Gasteiger partial charge >= 0.3 is 135 Å². The monoisotopic (exact) mass is 400 g/mol. The van der Waals surface area contributed by atoms with Crippen LogP contribution < -0.4 is 8.58 Å². The van der Waals surface area contributed by atoms with Gasteiger partial charge in [0.05, 0.1) is 0 Å². The van der Waals surface area contributed by atoms with Crippen molar-refractivity contribution in [3.63, 3.8) is 0 Å². The van der Waals surface area contributed by atoms with E-state index in [1.165, 1.54) is 55.7 Å². The summed E-state index contributed by atoms with van der Waals surface area (Å²) in [5, 5.41) is 0. The second-order valence-corrected chi connectivity index (χ2v) is 18.9. The third-order valence-electron chi connectivity index (χ3n) is 4.36. The predicted octanol–water partition coefficient (Wildman–Crippen LogP) is 4.54. The van der Waals surface area contributed by atoms with Crippen molar-refractivity contribution >= 4 is 22.2 Å². The molecule has 0 radical (unpaired) electrons. The fraction of sp³-hybridized carbons (Fsp3) is 0.765. The average molecular weight is 399 g/mol. The van der Waals surface area contributed by atoms with Crippen LogP contribution >= 0.6 is 0 Å². The van der Waals surface area contributed by atoms with Gasteiger partial charge in [-0.25, -0.2) is 0 Å². The molecule has 0 saturated heterocycles. The van der Waals surface area contributed by atoms with Gasteiger partial charge in [-0.2, -0.15) is 0 Å². The summed E-state index contributed by atoms with van der Waals surface area (Å²) in [5.74, 6) is 0.778. The molecule has 1 aromatic rings. The molecule has 0 aliphatic rings. The van der Waals surface area contributed by atoms with Crippen LogP contribution in [0.2, 0.25) is 13.3 Å². The molecule has 1 aromatic heterocycles. The molecule has 0 saturated carbocycles. The van der Waals surface area contributed by atoms with E-state index in [0.29, 0.717) is 0 Å². The molecular formula is C17H32N2OSn. The zero-order valence-corrected chi connectivity index (χ0v) is 17.2. The molecule has 0 unspecified atom stereocenters. The molecule has 0 bridgehead atoms. The number of nitrogens with zero attached hydrogens (tertiary/aromatic N) is 2. The average Bonchev–Trinajstić information content (AvgIpc) is 2.55. The molecule has 0 N–H and O–H groups in total. The van der Waals surface area contributed by atoms with Crippen molar-refractivity contribution in [2.75, 3.05) is 7.11 Å². The molecule has 0 spiro atoms. The van der Waals surface area contributed by atoms with Crippen molar-refractivity contribution < 1.29 is 4.74 Å². The van der Waals surface area contributed by atoms with Crippen molar-refractivity contribution in [3.8, 4) is 5.75 Å². The number of rotatable bonds is 11. The molecule has 4 heteroatoms. The van der Waals surface area contributed by atoms with Crippen LogP contribution in [0.4, 0.5) is 0 Å². The van der Waals surface area contributed by atoms with Crippen LogP contribution in [0, 0.1) is 0 Å². The van der Waals surface area contributed by atoms with Crippen LogP contribution in [0.25, 0.3) is 0 Å². The van der Waals surface area contributed by atoms with E-state index in [1.807, 2.05) is 12.4 Å². The van der Waals surface area contributed by atoms with Gasteiger partial charge in [0.1, 0.15) is 0 Å². The number of aromatic nitrogens is 2. The van der Waals surface area contributed by atoms with Gasteiger partial charge in [0.2, 0.25) is 0 Å². The van der Waals surface area contributed by atoms with Crippen LogP contribution in [0.3, 0.4) is 0 Å². The first-order valence-corrected chi connectivity index (χ1v) is 16.1. The number of hydrogen-bond acceptors (Lipinski definition) is 3. The zero-order valence-electron chi connectivity index (χ0n) is 14.3. The van der Waals surface area contributed by atoms with E-state index in [4.69, 9.17) is 14.7 Å². The predicted molar refractivity (Wildman–Crippen MR) is 93.1 cm³/mol. The van der Waals surface area contributed by atoms with Gasteiger partial charge < -0.3 is 0 Å². The molecule has 1 rings (SSSR count). The minimum atomic E-state index is -2.42. The standard InChI is InChI=1S/C5H5N2O.3C4H9.Sn/c1-8-5-2-6-4-7-3-5;3*1-3-4-2;/h2-3H,1H3;3*1,3-4H2,2H3;. The maximum absolute atomic E-state index is 5.22. The van der Waals surface area contributed by atoms with Gasteiger partial charge in [-0.15, -0.1) is 0 Å². The summed E-state index contributed by atoms with van der Waals surface area (Å²) in [6.45, 7) is 6.89. The SMILES string of the molecule is CCC[CH2][Sn]([CH2]CCC)([CH2]CCC)[c]1ncc(OC)cn1. The van der Waals surface area contributed by atoms with Crippen LogP contribution in [-0.4, -0.2) is 35.5 Å². The Morgan fingerprint density at radius 1 is 0.857 bits per heavy atom. The molecular weight excluding hydrogens is 367 g/mol. The Morgan fingerprint density at radius 3 is 1.62 bits per heavy atom. The van der Waals surface area contributed by atoms with Crippen molar-refractivity contribution in [3.05, 3.63) is 12.4 Å². The van der Waals surface area contributed by atoms with Crippen LogP contribution in [0.15, 0.2) is 12.4 Å². The van der Waals surface area contributed by atoms with Gasteiger partial charge in [-0.1, -0.05) is 0 Å². The third-order valence-corrected chi connectivity index (χ3v) is 19.0. The van der Waals surface area contributed by atoms with Crippen molar-refractivity contribution in [2.24, 2.45) is 0 Å². The van der Waals surface area contributed by atoms with Crippen molar-refractivity contribution in [1.29, 1.82) is 0 Å². The zero-order chi connectivity index (χ0) is 15.6. The number of hydrogen-bond donors (Lipinski definition) is 0. The topological polar surface area (TPSA) is 35.0 Å². The number of unbranched alkanes of at least 4 members (excludes halogenated alkanes) is 3. The molecule has 0 aliphatic heterocycles. The molecule has 120 valence electrons. The second kappa shape index (κ2) is 10.4. The molecule has 1 heterocycles. The quantitative estimate of drug-likeness (QED) is 0.513. The van der Waals surface area contributed by atoms with E-state index in [0.717, 1.165) is 5.75 Å². The first kappa shape index (κ1) is 18.7. The van der Waals surface area contributed by atoms with E-state index < -0.39 is 18.4 Å². The Bertz CT molecular complexity index is 359. The van der Waals surface area contributed by atoms with Gasteiger partial charge in [0.25, 0.3) is 0 Å². The summed E-state index contributed by atoms with van der Waals surface area (Å²) in [5.41, 5.74) is 0. The summed E-state index contributed by atoms with van der Waals surface area (Å²) in [7, 11) is 1.68. The van der Waals surface area contributed by atoms with E-state index in [9.17, 15) is 0 Å². The Labute approximate surface area is 134 Å². The van der Waals surface area contributed by atoms with Gasteiger partial charge in [-0.3, -0.25) is 0 Å². The fourth-order valence-electron chi connectivity index (χ4n) is 2.95. The summed E-state index contributed by atoms with van der Waals surface area (Å²) < 4.78 is 10.7. The Balaban J connectivity index is 3.02. The molecule has 3 nitrogen and oxygen atoms in total. The van der Waals surface area contributed by atoms with E-state index in [-0.39, 0.29) is 0 Å². The summed E-state index contributed by atoms with van der Waals surface area (Å²) >= 11 is -2.42. The third kappa shape index (κ3) is 5.76. The molecule has 21 heavy (non-hydrogen) atoms. The fourth-order valence-corrected chi connectivity index (χ4v) is 17.8. The van der Waals surface area contributed by atoms with Gasteiger partial charge in [0, 0.05) is 0 Å². The second-order valence-electron chi connectivity index (χ2n) is 6.04. The molecule has 0 aromatic carbocycles.